The smallest absolute Gasteiger partial charge is 0.188 e. The van der Waals surface area contributed by atoms with Crippen molar-refractivity contribution in [2.75, 3.05) is 47.0 Å². The predicted molar refractivity (Wildman–Crippen MR) is 207 cm³/mol. The molecule has 6 rings (SSSR count). The van der Waals surface area contributed by atoms with Gasteiger partial charge in [-0.05, 0) is 88.6 Å². The molecule has 0 amide bonds. The number of ketones is 2. The van der Waals surface area contributed by atoms with Crippen LogP contribution in [0.3, 0.4) is 0 Å². The van der Waals surface area contributed by atoms with Gasteiger partial charge in [0.2, 0.25) is 0 Å². The molecule has 0 aromatic carbocycles. The van der Waals surface area contributed by atoms with Gasteiger partial charge in [-0.15, -0.1) is 0 Å². The van der Waals surface area contributed by atoms with E-state index < -0.39 is 97.2 Å². The third-order valence-corrected chi connectivity index (χ3v) is 14.7. The Balaban J connectivity index is 1.23. The van der Waals surface area contributed by atoms with Gasteiger partial charge in [0.15, 0.2) is 12.2 Å². The number of ether oxygens (including phenoxy) is 3. The lowest BCUT2D eigenvalue weighted by molar-refractivity contribution is -0.347. The van der Waals surface area contributed by atoms with Crippen LogP contribution in [0.1, 0.15) is 64.2 Å². The summed E-state index contributed by atoms with van der Waals surface area (Å²) in [6.07, 6.45) is -4.04. The van der Waals surface area contributed by atoms with Gasteiger partial charge in [-0.25, -0.2) is 0 Å². The second-order valence-electron chi connectivity index (χ2n) is 17.8. The number of hydrogen-bond donors (Lipinski definition) is 12. The highest BCUT2D eigenvalue weighted by Crippen LogP contribution is 2.53. The molecule has 0 bridgehead atoms. The van der Waals surface area contributed by atoms with Crippen LogP contribution in [-0.4, -0.2) is 156 Å². The van der Waals surface area contributed by atoms with Crippen molar-refractivity contribution in [3.05, 3.63) is 0 Å². The van der Waals surface area contributed by atoms with Crippen molar-refractivity contribution in [2.24, 2.45) is 75.5 Å². The van der Waals surface area contributed by atoms with E-state index in [9.17, 15) is 40.2 Å². The van der Waals surface area contributed by atoms with Gasteiger partial charge < -0.3 is 78.0 Å². The fourth-order valence-electron chi connectivity index (χ4n) is 11.3. The Labute approximate surface area is 335 Å². The van der Waals surface area contributed by atoms with E-state index in [0.717, 1.165) is 32.2 Å². The number of aliphatic hydroxyl groups is 6. The van der Waals surface area contributed by atoms with Gasteiger partial charge in [-0.3, -0.25) is 14.6 Å². The van der Waals surface area contributed by atoms with Crippen LogP contribution in [0.4, 0.5) is 0 Å². The van der Waals surface area contributed by atoms with E-state index in [1.54, 1.807) is 7.05 Å². The van der Waals surface area contributed by atoms with Crippen molar-refractivity contribution in [3.8, 4) is 0 Å². The maximum absolute atomic E-state index is 14.9. The Morgan fingerprint density at radius 2 is 1.67 bits per heavy atom. The summed E-state index contributed by atoms with van der Waals surface area (Å²) >= 11 is 0. The molecule has 18 nitrogen and oxygen atoms in total. The van der Waals surface area contributed by atoms with Crippen molar-refractivity contribution in [2.45, 2.75) is 125 Å². The summed E-state index contributed by atoms with van der Waals surface area (Å²) in [5, 5.41) is 77.4. The highest BCUT2D eigenvalue weighted by molar-refractivity contribution is 6.01. The number of aliphatic hydroxyl groups excluding tert-OH is 5. The van der Waals surface area contributed by atoms with E-state index in [1.807, 2.05) is 0 Å². The molecule has 0 spiro atoms. The molecule has 18 heteroatoms. The Hall–Kier alpha value is -1.91. The van der Waals surface area contributed by atoms with E-state index in [4.69, 9.17) is 31.4 Å². The number of methoxy groups -OCH3 is 1. The van der Waals surface area contributed by atoms with Crippen LogP contribution in [0.25, 0.3) is 0 Å². The molecule has 19 unspecified atom stereocenters. The van der Waals surface area contributed by atoms with Crippen molar-refractivity contribution in [1.29, 1.82) is 0 Å². The Kier molecular flexibility index (Phi) is 15.0. The molecule has 3 heterocycles. The van der Waals surface area contributed by atoms with Crippen molar-refractivity contribution < 1.29 is 54.4 Å². The number of carbonyl (C=O) groups is 2. The highest BCUT2D eigenvalue weighted by atomic mass is 16.7. The number of rotatable bonds is 13. The molecule has 57 heavy (non-hydrogen) atoms. The zero-order chi connectivity index (χ0) is 41.2. The topological polar surface area (TPSA) is 310 Å². The number of Topliss-reactive ketones (excluding diaryl/α,β-unsaturated/α-hetero) is 2. The largest absolute Gasteiger partial charge is 0.396 e. The minimum Gasteiger partial charge on any atom is -0.396 e. The van der Waals surface area contributed by atoms with Crippen LogP contribution in [0.2, 0.25) is 0 Å². The lowest BCUT2D eigenvalue weighted by Crippen LogP contribution is -2.69. The van der Waals surface area contributed by atoms with Gasteiger partial charge in [0.05, 0.1) is 49.1 Å². The third kappa shape index (κ3) is 9.23. The minimum atomic E-state index is -2.02. The lowest BCUT2D eigenvalue weighted by Gasteiger charge is -2.55. The highest BCUT2D eigenvalue weighted by Gasteiger charge is 2.64. The van der Waals surface area contributed by atoms with Gasteiger partial charge in [0.1, 0.15) is 35.5 Å². The fraction of sp³-hybridized carbons (Fsp3) is 0.923. The molecule has 3 saturated heterocycles. The molecule has 0 radical (unpaired) electrons. The van der Waals surface area contributed by atoms with Crippen LogP contribution in [-0.2, 0) is 23.8 Å². The second-order valence-corrected chi connectivity index (χ2v) is 17.8. The van der Waals surface area contributed by atoms with Crippen LogP contribution >= 0.6 is 0 Å². The Morgan fingerprint density at radius 3 is 2.32 bits per heavy atom. The standard InChI is InChI=1S/C39H69N7O11/c1-43-38(42)46-15-22-20(5-3-19-4-6-27(40)45-14-19)12-21-30(33(22)50)34(51)31-25(13-24(55-2)23(16-47)29(31)32(21)49)56-37-35(52)36(53)39(54,26(17-48)57-37)9-7-18-8-10-44-28(41)11-18/h18-31,33,35-37,44-45,47-48,50,52-54H,3-17,40-41H2,1-2H3,(H3,42,43,46). The van der Waals surface area contributed by atoms with Crippen LogP contribution in [0, 0.1) is 53.3 Å². The number of fused-ring (bicyclic) bond motifs is 2. The van der Waals surface area contributed by atoms with Crippen molar-refractivity contribution >= 4 is 17.5 Å². The summed E-state index contributed by atoms with van der Waals surface area (Å²) in [7, 11) is 3.00. The molecule has 3 aliphatic carbocycles. The summed E-state index contributed by atoms with van der Waals surface area (Å²) in [4.78, 5) is 33.7. The first kappa shape index (κ1) is 44.6. The SMILES string of the molecule is CN=C(N)NCC1C(CCC2CCC(N)NC2)CC2C(=O)C3C(CO)C(OC)CC(OC4OC(CO)C(O)(CCC5CCNC(N)C5)C(O)C4O)C3C(=O)C2C1O. The van der Waals surface area contributed by atoms with E-state index >= 15 is 0 Å². The number of nitrogens with two attached hydrogens (primary N) is 3. The molecule has 6 aliphatic rings. The van der Waals surface area contributed by atoms with Crippen molar-refractivity contribution in [3.63, 3.8) is 0 Å². The minimum absolute atomic E-state index is 0.0189. The summed E-state index contributed by atoms with van der Waals surface area (Å²) in [5.74, 6) is -5.27. The molecular weight excluding hydrogens is 742 g/mol. The third-order valence-electron chi connectivity index (χ3n) is 14.7. The quantitative estimate of drug-likeness (QED) is 0.0646. The molecule has 0 aromatic heterocycles. The summed E-state index contributed by atoms with van der Waals surface area (Å²) in [6.45, 7) is 0.599. The molecule has 3 saturated carbocycles. The van der Waals surface area contributed by atoms with Crippen molar-refractivity contribution in [1.82, 2.24) is 16.0 Å². The van der Waals surface area contributed by atoms with E-state index in [2.05, 4.69) is 20.9 Å². The second kappa shape index (κ2) is 19.2. The number of nitrogens with zero attached hydrogens (tertiary/aromatic N) is 1. The molecule has 326 valence electrons. The van der Waals surface area contributed by atoms with Crippen LogP contribution < -0.4 is 33.2 Å². The predicted octanol–water partition coefficient (Wildman–Crippen LogP) is -3.15. The van der Waals surface area contributed by atoms with Gasteiger partial charge in [-0.2, -0.15) is 0 Å². The first-order chi connectivity index (χ1) is 27.3. The summed E-state index contributed by atoms with van der Waals surface area (Å²) in [6, 6.07) is 0. The first-order valence-corrected chi connectivity index (χ1v) is 21.1. The molecule has 0 aromatic rings. The molecule has 3 aliphatic heterocycles. The number of piperidine rings is 2. The first-order valence-electron chi connectivity index (χ1n) is 21.1. The van der Waals surface area contributed by atoms with E-state index in [1.165, 1.54) is 7.11 Å². The number of guanidine groups is 1. The molecule has 19 atom stereocenters. The lowest BCUT2D eigenvalue weighted by atomic mass is 9.51. The Morgan fingerprint density at radius 1 is 0.895 bits per heavy atom. The maximum Gasteiger partial charge on any atom is 0.188 e. The van der Waals surface area contributed by atoms with E-state index in [0.29, 0.717) is 38.1 Å². The summed E-state index contributed by atoms with van der Waals surface area (Å²) < 4.78 is 18.2. The normalized spacial score (nSPS) is 46.9. The van der Waals surface area contributed by atoms with Gasteiger partial charge >= 0.3 is 0 Å². The van der Waals surface area contributed by atoms with Crippen LogP contribution in [0.15, 0.2) is 4.99 Å². The zero-order valence-corrected chi connectivity index (χ0v) is 33.4. The van der Waals surface area contributed by atoms with Gasteiger partial charge in [0, 0.05) is 57.4 Å². The van der Waals surface area contributed by atoms with Crippen LogP contribution in [0.5, 0.6) is 0 Å². The van der Waals surface area contributed by atoms with E-state index in [-0.39, 0.29) is 61.1 Å². The molecule has 15 N–H and O–H groups in total. The average molecular weight is 812 g/mol. The van der Waals surface area contributed by atoms with Gasteiger partial charge in [-0.1, -0.05) is 0 Å². The average Bonchev–Trinajstić information content (AvgIpc) is 3.20. The molecule has 6 fully saturated rings. The number of hydrogen-bond acceptors (Lipinski definition) is 16. The molecular formula is C39H69N7O11. The monoisotopic (exact) mass is 812 g/mol. The zero-order valence-electron chi connectivity index (χ0n) is 33.4. The Bertz CT molecular complexity index is 1390. The number of nitrogens with one attached hydrogen (secondary N) is 3. The number of aliphatic imine (C=N–C) groups is 1. The fourth-order valence-corrected chi connectivity index (χ4v) is 11.3. The maximum atomic E-state index is 14.9. The summed E-state index contributed by atoms with van der Waals surface area (Å²) in [5.41, 5.74) is 16.1. The number of carbonyl (C=O) groups excluding carboxylic acids is 2. The van der Waals surface area contributed by atoms with Gasteiger partial charge in [0.25, 0.3) is 0 Å².